The van der Waals surface area contributed by atoms with Gasteiger partial charge < -0.3 is 33.5 Å². The number of para-hydroxylation sites is 6. The molecule has 15 aromatic rings. The van der Waals surface area contributed by atoms with Crippen LogP contribution in [-0.4, -0.2) is 4.57 Å². The number of ether oxygens (including phenoxy) is 3. The van der Waals surface area contributed by atoms with Crippen molar-refractivity contribution in [3.05, 3.63) is 339 Å². The van der Waals surface area contributed by atoms with Gasteiger partial charge in [-0.25, -0.2) is 0 Å². The maximum atomic E-state index is 11.3. The first-order valence-corrected chi connectivity index (χ1v) is 30.9. The van der Waals surface area contributed by atoms with E-state index in [1.54, 1.807) is 46.2 Å². The third kappa shape index (κ3) is 10.4. The predicted octanol–water partition coefficient (Wildman–Crippen LogP) is 25.2. The summed E-state index contributed by atoms with van der Waals surface area (Å²) < 4.78 is 195. The maximum absolute atomic E-state index is 11.3. The summed E-state index contributed by atoms with van der Waals surface area (Å²) in [5.74, 6) is -0.521. The van der Waals surface area contributed by atoms with Crippen LogP contribution in [-0.2, 0) is 5.41 Å². The highest BCUT2D eigenvalue weighted by Crippen LogP contribution is 2.57. The van der Waals surface area contributed by atoms with Crippen LogP contribution in [0, 0.1) is 0 Å². The molecule has 0 radical (unpaired) electrons. The number of anilines is 9. The van der Waals surface area contributed by atoms with Gasteiger partial charge in [-0.15, -0.1) is 0 Å². The van der Waals surface area contributed by atoms with Crippen molar-refractivity contribution in [2.75, 3.05) is 14.7 Å². The van der Waals surface area contributed by atoms with E-state index in [9.17, 15) is 17.8 Å². The van der Waals surface area contributed by atoms with E-state index >= 15 is 0 Å². The molecule has 6 bridgehead atoms. The van der Waals surface area contributed by atoms with Crippen LogP contribution in [0.4, 0.5) is 51.2 Å². The minimum Gasteiger partial charge on any atom is -0.457 e. The molecule has 2 aliphatic rings. The van der Waals surface area contributed by atoms with E-state index in [1.165, 1.54) is 12.1 Å². The van der Waals surface area contributed by atoms with Crippen LogP contribution in [0.3, 0.4) is 0 Å². The molecule has 0 aliphatic carbocycles. The summed E-state index contributed by atoms with van der Waals surface area (Å²) in [6.45, 7) is 6.02. The SMILES string of the molecule is [2H]c1c2cc(cc1N(c1cc(N(c3c(-c4ccccc4)cccc3-c3ccccc3)c3c([2H])c([2H])c([2H])c(-n4c5c([2H])c([2H])c([2H])c([2H])c5c5c([2H])c([2H])c([2H])c([2H])c54)c3[2H])cc(C(C)(C)C)c1)c1c(-c3ccccc3)cccc1-c1ccccc1)Oc1cc(c([2H])c([2H])c1[2H])Oc1cc3c(c([2H])c1[2H])Oc1ccccc1N23. The first-order chi connectivity index (χ1) is 54.2. The number of benzene rings is 14. The molecule has 0 fully saturated rings. The zero-order chi connectivity index (χ0) is 79.2. The topological polar surface area (TPSA) is 42.3 Å². The molecule has 17 rings (SSSR count). The van der Waals surface area contributed by atoms with E-state index < -0.39 is 125 Å². The van der Waals surface area contributed by atoms with Crippen LogP contribution < -0.4 is 28.9 Å². The number of fused-ring (bicyclic) bond motifs is 11. The monoisotopic (exact) mass is 1240 g/mol. The van der Waals surface area contributed by atoms with Gasteiger partial charge in [-0.05, 0) is 124 Å². The molecule has 0 spiro atoms. The molecule has 7 heteroatoms. The second-order valence-corrected chi connectivity index (χ2v) is 23.9. The molecule has 3 heterocycles. The normalized spacial score (nSPS) is 14.8. The zero-order valence-electron chi connectivity index (χ0n) is 69.4. The number of aromatic nitrogens is 1. The summed E-state index contributed by atoms with van der Waals surface area (Å²) >= 11 is 0. The third-order valence-electron chi connectivity index (χ3n) is 17.0. The van der Waals surface area contributed by atoms with Gasteiger partial charge in [0.25, 0.3) is 0 Å². The lowest BCUT2D eigenvalue weighted by Crippen LogP contribution is -2.20. The minimum absolute atomic E-state index is 0.00199. The van der Waals surface area contributed by atoms with Gasteiger partial charge in [0.2, 0.25) is 0 Å². The Hall–Kier alpha value is -12.3. The number of rotatable bonds is 11. The van der Waals surface area contributed by atoms with E-state index in [4.69, 9.17) is 21.1 Å². The number of hydrogen-bond acceptors (Lipinski definition) is 6. The van der Waals surface area contributed by atoms with Crippen LogP contribution >= 0.6 is 0 Å². The first-order valence-electron chi connectivity index (χ1n) is 39.9. The Morgan fingerprint density at radius 3 is 1.38 bits per heavy atom. The van der Waals surface area contributed by atoms with Crippen LogP contribution in [0.5, 0.6) is 34.5 Å². The Labute approximate surface area is 578 Å². The summed E-state index contributed by atoms with van der Waals surface area (Å²) in [5, 5.41) is -0.665. The van der Waals surface area contributed by atoms with E-state index in [-0.39, 0.29) is 79.7 Å². The maximum Gasteiger partial charge on any atom is 0.151 e. The molecule has 0 atom stereocenters. The molecule has 0 unspecified atom stereocenters. The van der Waals surface area contributed by atoms with Gasteiger partial charge in [0.15, 0.2) is 11.5 Å². The largest absolute Gasteiger partial charge is 0.457 e. The minimum atomic E-state index is -0.871. The molecule has 14 aromatic carbocycles. The fourth-order valence-electron chi connectivity index (χ4n) is 12.7. The highest BCUT2D eigenvalue weighted by Gasteiger charge is 2.33. The van der Waals surface area contributed by atoms with Gasteiger partial charge in [0.1, 0.15) is 23.0 Å². The van der Waals surface area contributed by atoms with Gasteiger partial charge in [0.05, 0.1) is 69.8 Å². The summed E-state index contributed by atoms with van der Waals surface area (Å²) in [7, 11) is 0. The standard InChI is InChI=1S/C88H64N4O3/c1-88(2,3)63-50-66(89(86-74(59-26-8-4-9-27-59)40-24-41-75(86)60-28-10-5-11-29-60)64-34-22-35-65(52-64)91-80-44-18-16-38-78(80)79-39-17-19-45-81(79)91)53-67(51-63)90(87-76(61-30-12-6-13-31-61)42-25-43-77(87)62-32-14-7-15-33-62)68-54-69-56-73(55-68)94-71-37-23-36-70(57-71)93-72-48-49-85-83(58-72)92(69)82-46-20-21-47-84(82)95-85/h4-58H,1-3H3/i16D,17D,18D,19D,22D,23D,34D,35D,36D,37D,38D,39D,44D,45D,48D,49D,52D,54D. The third-order valence-corrected chi connectivity index (χ3v) is 17.0. The Morgan fingerprint density at radius 1 is 0.337 bits per heavy atom. The molecule has 0 N–H and O–H groups in total. The van der Waals surface area contributed by atoms with Crippen molar-refractivity contribution < 1.29 is 38.9 Å². The molecule has 2 aliphatic heterocycles. The van der Waals surface area contributed by atoms with Crippen molar-refractivity contribution in [3.63, 3.8) is 0 Å². The molecular formula is C88H64N4O3. The molecule has 454 valence electrons. The molecule has 0 amide bonds. The summed E-state index contributed by atoms with van der Waals surface area (Å²) in [6.07, 6.45) is 0. The number of nitrogens with zero attached hydrogens (tertiary/aromatic N) is 4. The summed E-state index contributed by atoms with van der Waals surface area (Å²) in [6, 6.07) is 57.2. The van der Waals surface area contributed by atoms with Crippen molar-refractivity contribution in [1.29, 1.82) is 0 Å². The molecular weight excluding hydrogens is 1160 g/mol. The summed E-state index contributed by atoms with van der Waals surface area (Å²) in [5.41, 5.74) is 5.20. The molecule has 0 saturated heterocycles. The molecule has 95 heavy (non-hydrogen) atoms. The average molecular weight is 1240 g/mol. The van der Waals surface area contributed by atoms with Gasteiger partial charge in [-0.3, -0.25) is 0 Å². The second kappa shape index (κ2) is 23.4. The fraction of sp³-hybridized carbons (Fsp3) is 0.0455. The Morgan fingerprint density at radius 2 is 0.821 bits per heavy atom. The van der Waals surface area contributed by atoms with Crippen LogP contribution in [0.25, 0.3) is 72.0 Å². The summed E-state index contributed by atoms with van der Waals surface area (Å²) in [4.78, 5) is 5.31. The smallest absolute Gasteiger partial charge is 0.151 e. The van der Waals surface area contributed by atoms with E-state index in [2.05, 4.69) is 0 Å². The lowest BCUT2D eigenvalue weighted by atomic mass is 9.85. The first kappa shape index (κ1) is 40.5. The molecule has 1 aromatic heterocycles. The number of hydrogen-bond donors (Lipinski definition) is 0. The quantitative estimate of drug-likeness (QED) is 0.129. The van der Waals surface area contributed by atoms with Crippen LogP contribution in [0.1, 0.15) is 51.0 Å². The second-order valence-electron chi connectivity index (χ2n) is 23.9. The van der Waals surface area contributed by atoms with Crippen molar-refractivity contribution >= 4 is 73.0 Å². The molecule has 7 nitrogen and oxygen atoms in total. The van der Waals surface area contributed by atoms with Gasteiger partial charge >= 0.3 is 0 Å². The van der Waals surface area contributed by atoms with E-state index in [0.717, 1.165) is 15.7 Å². The average Bonchev–Trinajstić information content (AvgIpc) is 1.55. The van der Waals surface area contributed by atoms with Crippen molar-refractivity contribution in [2.24, 2.45) is 0 Å². The van der Waals surface area contributed by atoms with E-state index in [0.29, 0.717) is 61.7 Å². The lowest BCUT2D eigenvalue weighted by Gasteiger charge is -2.36. The highest BCUT2D eigenvalue weighted by atomic mass is 16.5. The van der Waals surface area contributed by atoms with Gasteiger partial charge in [-0.2, -0.15) is 0 Å². The van der Waals surface area contributed by atoms with Crippen molar-refractivity contribution in [3.8, 4) is 84.7 Å². The highest BCUT2D eigenvalue weighted by molar-refractivity contribution is 6.10. The fourth-order valence-corrected chi connectivity index (χ4v) is 12.7. The lowest BCUT2D eigenvalue weighted by molar-refractivity contribution is 0.454. The van der Waals surface area contributed by atoms with Gasteiger partial charge in [0, 0.05) is 80.0 Å². The van der Waals surface area contributed by atoms with E-state index in [1.807, 2.05) is 202 Å². The Balaban J connectivity index is 1.07. The van der Waals surface area contributed by atoms with Crippen molar-refractivity contribution in [1.82, 2.24) is 4.57 Å². The van der Waals surface area contributed by atoms with Gasteiger partial charge in [-0.1, -0.05) is 239 Å². The predicted molar refractivity (Wildman–Crippen MR) is 392 cm³/mol. The van der Waals surface area contributed by atoms with Crippen LogP contribution in [0.15, 0.2) is 333 Å². The Bertz CT molecular complexity index is 6330. The molecule has 0 saturated carbocycles. The van der Waals surface area contributed by atoms with Crippen molar-refractivity contribution in [2.45, 2.75) is 26.2 Å². The zero-order valence-corrected chi connectivity index (χ0v) is 51.4. The Kier molecular flexibility index (Phi) is 9.99. The van der Waals surface area contributed by atoms with Crippen LogP contribution in [0.2, 0.25) is 0 Å².